The molecular formula is C17H21N5O2S2. The van der Waals surface area contributed by atoms with Gasteiger partial charge in [0.15, 0.2) is 4.34 Å². The summed E-state index contributed by atoms with van der Waals surface area (Å²) in [4.78, 5) is 28.0. The second-order valence-corrected chi connectivity index (χ2v) is 8.09. The van der Waals surface area contributed by atoms with Crippen molar-refractivity contribution in [3.8, 4) is 0 Å². The van der Waals surface area contributed by atoms with E-state index in [2.05, 4.69) is 20.4 Å². The summed E-state index contributed by atoms with van der Waals surface area (Å²) in [7, 11) is 1.62. The number of aromatic nitrogens is 2. The molecule has 1 aliphatic heterocycles. The lowest BCUT2D eigenvalue weighted by atomic mass is 10.1. The highest BCUT2D eigenvalue weighted by molar-refractivity contribution is 8.01. The van der Waals surface area contributed by atoms with Gasteiger partial charge in [-0.15, -0.1) is 10.2 Å². The van der Waals surface area contributed by atoms with Gasteiger partial charge < -0.3 is 15.1 Å². The molecule has 3 rings (SSSR count). The molecule has 0 atom stereocenters. The number of piperazine rings is 1. The highest BCUT2D eigenvalue weighted by atomic mass is 32.2. The van der Waals surface area contributed by atoms with Crippen molar-refractivity contribution in [2.75, 3.05) is 43.9 Å². The van der Waals surface area contributed by atoms with Crippen LogP contribution in [0.15, 0.2) is 28.6 Å². The van der Waals surface area contributed by atoms with Crippen molar-refractivity contribution in [3.05, 3.63) is 35.4 Å². The topological polar surface area (TPSA) is 78.4 Å². The van der Waals surface area contributed by atoms with Crippen molar-refractivity contribution >= 4 is 40.0 Å². The van der Waals surface area contributed by atoms with E-state index in [-0.39, 0.29) is 11.8 Å². The van der Waals surface area contributed by atoms with E-state index in [1.807, 2.05) is 36.1 Å². The lowest BCUT2D eigenvalue weighted by Crippen LogP contribution is -2.48. The van der Waals surface area contributed by atoms with Crippen LogP contribution in [0, 0.1) is 6.92 Å². The average Bonchev–Trinajstić information content (AvgIpc) is 3.15. The molecule has 1 saturated heterocycles. The van der Waals surface area contributed by atoms with Gasteiger partial charge in [0.25, 0.3) is 5.91 Å². The van der Waals surface area contributed by atoms with Gasteiger partial charge in [-0.05, 0) is 18.6 Å². The molecule has 0 aliphatic carbocycles. The van der Waals surface area contributed by atoms with E-state index in [1.54, 1.807) is 7.05 Å². The number of carbonyl (C=O) groups is 2. The van der Waals surface area contributed by atoms with Crippen molar-refractivity contribution < 1.29 is 9.59 Å². The predicted molar refractivity (Wildman–Crippen MR) is 104 cm³/mol. The molecule has 1 aromatic carbocycles. The normalized spacial score (nSPS) is 14.4. The second kappa shape index (κ2) is 8.50. The van der Waals surface area contributed by atoms with E-state index in [9.17, 15) is 9.59 Å². The molecule has 1 aliphatic rings. The summed E-state index contributed by atoms with van der Waals surface area (Å²) in [5.41, 5.74) is 1.77. The van der Waals surface area contributed by atoms with Crippen molar-refractivity contribution in [3.63, 3.8) is 0 Å². The van der Waals surface area contributed by atoms with Crippen LogP contribution in [0.1, 0.15) is 15.9 Å². The van der Waals surface area contributed by atoms with Crippen LogP contribution in [-0.4, -0.2) is 65.9 Å². The fourth-order valence-corrected chi connectivity index (χ4v) is 4.44. The summed E-state index contributed by atoms with van der Waals surface area (Å²) in [6, 6.07) is 7.68. The smallest absolute Gasteiger partial charge is 0.254 e. The highest BCUT2D eigenvalue weighted by Gasteiger charge is 2.24. The lowest BCUT2D eigenvalue weighted by Gasteiger charge is -2.34. The number of benzene rings is 1. The predicted octanol–water partition coefficient (Wildman–Crippen LogP) is 1.65. The molecule has 0 unspecified atom stereocenters. The maximum atomic E-state index is 12.7. The molecule has 138 valence electrons. The zero-order chi connectivity index (χ0) is 18.5. The Kier molecular flexibility index (Phi) is 6.10. The van der Waals surface area contributed by atoms with E-state index in [4.69, 9.17) is 0 Å². The average molecular weight is 392 g/mol. The summed E-state index contributed by atoms with van der Waals surface area (Å²) in [5.74, 6) is 0.390. The van der Waals surface area contributed by atoms with Crippen molar-refractivity contribution in [2.45, 2.75) is 11.3 Å². The first-order valence-electron chi connectivity index (χ1n) is 8.35. The molecule has 1 N–H and O–H groups in total. The van der Waals surface area contributed by atoms with Crippen molar-refractivity contribution in [1.29, 1.82) is 0 Å². The molecule has 2 aromatic rings. The van der Waals surface area contributed by atoms with Gasteiger partial charge in [-0.25, -0.2) is 0 Å². The Hall–Kier alpha value is -2.13. The minimum absolute atomic E-state index is 0.0323. The lowest BCUT2D eigenvalue weighted by molar-refractivity contribution is -0.118. The molecule has 26 heavy (non-hydrogen) atoms. The number of thioether (sulfide) groups is 1. The van der Waals surface area contributed by atoms with E-state index in [0.29, 0.717) is 18.8 Å². The highest BCUT2D eigenvalue weighted by Crippen LogP contribution is 2.28. The van der Waals surface area contributed by atoms with Crippen LogP contribution in [0.25, 0.3) is 0 Å². The molecular weight excluding hydrogens is 370 g/mol. The number of anilines is 1. The fourth-order valence-electron chi connectivity index (χ4n) is 2.67. The fraction of sp³-hybridized carbons (Fsp3) is 0.412. The summed E-state index contributed by atoms with van der Waals surface area (Å²) < 4.78 is 0.780. The minimum atomic E-state index is -0.0323. The van der Waals surface area contributed by atoms with E-state index >= 15 is 0 Å². The third-order valence-corrected chi connectivity index (χ3v) is 6.33. The van der Waals surface area contributed by atoms with Gasteiger partial charge in [0, 0.05) is 38.8 Å². The Bertz CT molecular complexity index is 787. The molecule has 2 amide bonds. The maximum Gasteiger partial charge on any atom is 0.254 e. The van der Waals surface area contributed by atoms with Crippen LogP contribution in [0.5, 0.6) is 0 Å². The summed E-state index contributed by atoms with van der Waals surface area (Å²) in [6.07, 6.45) is 0. The SMILES string of the molecule is CNC(=O)CSc1nnc(N2CCN(C(=O)c3ccccc3C)CC2)s1. The third kappa shape index (κ3) is 4.34. The van der Waals surface area contributed by atoms with Gasteiger partial charge in [-0.3, -0.25) is 9.59 Å². The first kappa shape index (κ1) is 18.7. The first-order valence-corrected chi connectivity index (χ1v) is 10.2. The summed E-state index contributed by atoms with van der Waals surface area (Å²) in [6.45, 7) is 4.74. The Morgan fingerprint density at radius 2 is 1.92 bits per heavy atom. The van der Waals surface area contributed by atoms with Crippen molar-refractivity contribution in [1.82, 2.24) is 20.4 Å². The molecule has 1 fully saturated rings. The maximum absolute atomic E-state index is 12.7. The van der Waals surface area contributed by atoms with Gasteiger partial charge in [0.05, 0.1) is 5.75 Å². The first-order chi connectivity index (χ1) is 12.6. The van der Waals surface area contributed by atoms with E-state index < -0.39 is 0 Å². The van der Waals surface area contributed by atoms with Crippen LogP contribution < -0.4 is 10.2 Å². The third-order valence-electron chi connectivity index (χ3n) is 4.21. The number of hydrogen-bond donors (Lipinski definition) is 1. The zero-order valence-corrected chi connectivity index (χ0v) is 16.4. The number of amides is 2. The Labute approximate surface area is 160 Å². The molecule has 9 heteroatoms. The number of rotatable bonds is 5. The van der Waals surface area contributed by atoms with E-state index in [0.717, 1.165) is 33.7 Å². The molecule has 0 radical (unpaired) electrons. The van der Waals surface area contributed by atoms with Crippen LogP contribution in [0.3, 0.4) is 0 Å². The quantitative estimate of drug-likeness (QED) is 0.781. The second-order valence-electron chi connectivity index (χ2n) is 5.91. The van der Waals surface area contributed by atoms with Crippen LogP contribution in [0.4, 0.5) is 5.13 Å². The Balaban J connectivity index is 1.55. The number of nitrogens with one attached hydrogen (secondary N) is 1. The molecule has 1 aromatic heterocycles. The molecule has 0 spiro atoms. The zero-order valence-electron chi connectivity index (χ0n) is 14.8. The van der Waals surface area contributed by atoms with Crippen LogP contribution in [0.2, 0.25) is 0 Å². The Morgan fingerprint density at radius 1 is 1.19 bits per heavy atom. The minimum Gasteiger partial charge on any atom is -0.358 e. The summed E-state index contributed by atoms with van der Waals surface area (Å²) in [5, 5.41) is 11.8. The standard InChI is InChI=1S/C17H21N5O2S2/c1-12-5-3-4-6-13(12)15(24)21-7-9-22(10-8-21)16-19-20-17(26-16)25-11-14(23)18-2/h3-6H,7-11H2,1-2H3,(H,18,23). The number of carbonyl (C=O) groups excluding carboxylic acids is 2. The van der Waals surface area contributed by atoms with Crippen LogP contribution in [-0.2, 0) is 4.79 Å². The van der Waals surface area contributed by atoms with Gasteiger partial charge in [-0.2, -0.15) is 0 Å². The molecule has 2 heterocycles. The van der Waals surface area contributed by atoms with Crippen LogP contribution >= 0.6 is 23.1 Å². The van der Waals surface area contributed by atoms with Gasteiger partial charge in [0.1, 0.15) is 0 Å². The van der Waals surface area contributed by atoms with E-state index in [1.165, 1.54) is 23.1 Å². The Morgan fingerprint density at radius 3 is 2.62 bits per heavy atom. The molecule has 7 nitrogen and oxygen atoms in total. The number of hydrogen-bond acceptors (Lipinski definition) is 7. The number of aryl methyl sites for hydroxylation is 1. The van der Waals surface area contributed by atoms with Crippen molar-refractivity contribution in [2.24, 2.45) is 0 Å². The van der Waals surface area contributed by atoms with Gasteiger partial charge >= 0.3 is 0 Å². The monoisotopic (exact) mass is 391 g/mol. The summed E-state index contributed by atoms with van der Waals surface area (Å²) >= 11 is 2.87. The largest absolute Gasteiger partial charge is 0.358 e. The molecule has 0 bridgehead atoms. The molecule has 0 saturated carbocycles. The van der Waals surface area contributed by atoms with Gasteiger partial charge in [-0.1, -0.05) is 41.3 Å². The number of nitrogens with zero attached hydrogens (tertiary/aromatic N) is 4. The van der Waals surface area contributed by atoms with Gasteiger partial charge in [0.2, 0.25) is 11.0 Å².